The average molecular weight is 332 g/mol. The molecule has 0 aliphatic carbocycles. The van der Waals surface area contributed by atoms with Gasteiger partial charge >= 0.3 is 5.97 Å². The third kappa shape index (κ3) is 4.22. The van der Waals surface area contributed by atoms with Crippen molar-refractivity contribution in [1.82, 2.24) is 5.32 Å². The Hall–Kier alpha value is -1.60. The van der Waals surface area contributed by atoms with Crippen LogP contribution in [0.15, 0.2) is 22.7 Å². The molecule has 0 radical (unpaired) electrons. The molecule has 0 fully saturated rings. The fourth-order valence-electron chi connectivity index (χ4n) is 1.44. The van der Waals surface area contributed by atoms with Crippen molar-refractivity contribution in [3.05, 3.63) is 28.2 Å². The number of halogens is 1. The molecule has 7 heteroatoms. The van der Waals surface area contributed by atoms with Gasteiger partial charge in [0.15, 0.2) is 0 Å². The Bertz CT molecular complexity index is 477. The molecular weight excluding hydrogens is 318 g/mol. The zero-order chi connectivity index (χ0) is 14.4. The molecule has 1 aromatic rings. The Morgan fingerprint density at radius 1 is 1.47 bits per heavy atom. The molecule has 1 aromatic carbocycles. The molecule has 6 nitrogen and oxygen atoms in total. The van der Waals surface area contributed by atoms with Gasteiger partial charge in [-0.1, -0.05) is 0 Å². The molecule has 104 valence electrons. The molecule has 0 saturated carbocycles. The number of hydrogen-bond donors (Lipinski definition) is 3. The van der Waals surface area contributed by atoms with Crippen LogP contribution in [0.1, 0.15) is 16.8 Å². The summed E-state index contributed by atoms with van der Waals surface area (Å²) >= 11 is 3.24. The van der Waals surface area contributed by atoms with Crippen molar-refractivity contribution >= 4 is 27.8 Å². The van der Waals surface area contributed by atoms with Gasteiger partial charge in [-0.3, -0.25) is 4.79 Å². The minimum atomic E-state index is -1.19. The summed E-state index contributed by atoms with van der Waals surface area (Å²) in [4.78, 5) is 22.7. The number of methoxy groups -OCH3 is 1. The van der Waals surface area contributed by atoms with Gasteiger partial charge in [-0.25, -0.2) is 4.79 Å². The highest BCUT2D eigenvalue weighted by Gasteiger charge is 2.20. The van der Waals surface area contributed by atoms with E-state index in [2.05, 4.69) is 21.2 Å². The van der Waals surface area contributed by atoms with Gasteiger partial charge in [0.05, 0.1) is 11.6 Å². The molecule has 0 bridgehead atoms. The van der Waals surface area contributed by atoms with E-state index in [9.17, 15) is 9.59 Å². The number of rotatable bonds is 6. The molecule has 0 heterocycles. The van der Waals surface area contributed by atoms with Crippen molar-refractivity contribution in [3.63, 3.8) is 0 Å². The largest absolute Gasteiger partial charge is 0.496 e. The Balaban J connectivity index is 2.82. The first-order chi connectivity index (χ1) is 8.99. The summed E-state index contributed by atoms with van der Waals surface area (Å²) in [5.74, 6) is -1.14. The second-order valence-corrected chi connectivity index (χ2v) is 4.58. The fraction of sp³-hybridized carbons (Fsp3) is 0.333. The summed E-state index contributed by atoms with van der Waals surface area (Å²) in [5.41, 5.74) is 0.303. The molecule has 19 heavy (non-hydrogen) atoms. The highest BCUT2D eigenvalue weighted by Crippen LogP contribution is 2.25. The lowest BCUT2D eigenvalue weighted by molar-refractivity contribution is -0.139. The van der Waals surface area contributed by atoms with E-state index in [0.29, 0.717) is 15.8 Å². The topological polar surface area (TPSA) is 95.9 Å². The minimum Gasteiger partial charge on any atom is -0.496 e. The monoisotopic (exact) mass is 331 g/mol. The lowest BCUT2D eigenvalue weighted by Crippen LogP contribution is -2.41. The third-order valence-corrected chi connectivity index (χ3v) is 3.05. The van der Waals surface area contributed by atoms with E-state index in [-0.39, 0.29) is 13.0 Å². The number of amides is 1. The Kier molecular flexibility index (Phi) is 5.78. The minimum absolute atomic E-state index is 0.0433. The average Bonchev–Trinajstić information content (AvgIpc) is 2.37. The lowest BCUT2D eigenvalue weighted by Gasteiger charge is -2.13. The van der Waals surface area contributed by atoms with Crippen LogP contribution in [-0.4, -0.2) is 41.8 Å². The first kappa shape index (κ1) is 15.5. The Morgan fingerprint density at radius 3 is 2.63 bits per heavy atom. The lowest BCUT2D eigenvalue weighted by atomic mass is 10.1. The van der Waals surface area contributed by atoms with E-state index >= 15 is 0 Å². The van der Waals surface area contributed by atoms with Gasteiger partial charge < -0.3 is 20.3 Å². The fourth-order valence-corrected chi connectivity index (χ4v) is 1.98. The van der Waals surface area contributed by atoms with E-state index in [0.717, 1.165) is 0 Å². The molecule has 0 aliphatic heterocycles. The number of benzene rings is 1. The van der Waals surface area contributed by atoms with Crippen LogP contribution < -0.4 is 10.1 Å². The summed E-state index contributed by atoms with van der Waals surface area (Å²) < 4.78 is 5.63. The number of aliphatic hydroxyl groups excluding tert-OH is 1. The van der Waals surface area contributed by atoms with Crippen LogP contribution in [0.3, 0.4) is 0 Å². The molecular formula is C12H14BrNO5. The van der Waals surface area contributed by atoms with Crippen LogP contribution in [0.25, 0.3) is 0 Å². The first-order valence-electron chi connectivity index (χ1n) is 5.47. The van der Waals surface area contributed by atoms with E-state index in [1.807, 2.05) is 0 Å². The predicted molar refractivity (Wildman–Crippen MR) is 71.3 cm³/mol. The summed E-state index contributed by atoms with van der Waals surface area (Å²) in [7, 11) is 1.50. The van der Waals surface area contributed by atoms with Crippen molar-refractivity contribution in [2.45, 2.75) is 12.5 Å². The quantitative estimate of drug-likeness (QED) is 0.723. The van der Waals surface area contributed by atoms with Crippen LogP contribution in [0.5, 0.6) is 5.75 Å². The number of nitrogens with one attached hydrogen (secondary N) is 1. The van der Waals surface area contributed by atoms with Gasteiger partial charge in [0.25, 0.3) is 5.91 Å². The van der Waals surface area contributed by atoms with E-state index in [1.165, 1.54) is 19.2 Å². The van der Waals surface area contributed by atoms with Crippen molar-refractivity contribution in [1.29, 1.82) is 0 Å². The molecule has 3 N–H and O–H groups in total. The highest BCUT2D eigenvalue weighted by atomic mass is 79.9. The summed E-state index contributed by atoms with van der Waals surface area (Å²) in [6.45, 7) is -0.316. The summed E-state index contributed by atoms with van der Waals surface area (Å²) in [6.07, 6.45) is -0.0433. The Morgan fingerprint density at radius 2 is 2.16 bits per heavy atom. The molecule has 1 atom stereocenters. The second kappa shape index (κ2) is 7.10. The number of aliphatic hydroxyl groups is 1. The van der Waals surface area contributed by atoms with Crippen molar-refractivity contribution < 1.29 is 24.5 Å². The van der Waals surface area contributed by atoms with E-state index < -0.39 is 17.9 Å². The maximum absolute atomic E-state index is 11.9. The molecule has 1 amide bonds. The smallest absolute Gasteiger partial charge is 0.326 e. The number of carbonyl (C=O) groups excluding carboxylic acids is 1. The predicted octanol–water partition coefficient (Wildman–Crippen LogP) is 1.02. The summed E-state index contributed by atoms with van der Waals surface area (Å²) in [6, 6.07) is 3.54. The van der Waals surface area contributed by atoms with Crippen LogP contribution in [-0.2, 0) is 4.79 Å². The third-order valence-electron chi connectivity index (χ3n) is 2.44. The normalized spacial score (nSPS) is 11.7. The van der Waals surface area contributed by atoms with Crippen molar-refractivity contribution in [2.75, 3.05) is 13.7 Å². The summed E-state index contributed by atoms with van der Waals surface area (Å²) in [5, 5.41) is 20.0. The van der Waals surface area contributed by atoms with Gasteiger partial charge in [-0.15, -0.1) is 0 Å². The highest BCUT2D eigenvalue weighted by molar-refractivity contribution is 9.10. The molecule has 1 unspecified atom stereocenters. The number of ether oxygens (including phenoxy) is 1. The van der Waals surface area contributed by atoms with Gasteiger partial charge in [0.1, 0.15) is 11.8 Å². The van der Waals surface area contributed by atoms with Gasteiger partial charge in [-0.2, -0.15) is 0 Å². The molecule has 0 saturated heterocycles. The van der Waals surface area contributed by atoms with Crippen molar-refractivity contribution in [3.8, 4) is 5.75 Å². The SMILES string of the molecule is COc1ccc(C(=O)NC(CCO)C(=O)O)cc1Br. The van der Waals surface area contributed by atoms with E-state index in [1.54, 1.807) is 6.07 Å². The zero-order valence-electron chi connectivity index (χ0n) is 10.2. The van der Waals surface area contributed by atoms with Gasteiger partial charge in [-0.05, 0) is 34.1 Å². The van der Waals surface area contributed by atoms with Crippen LogP contribution in [0.2, 0.25) is 0 Å². The first-order valence-corrected chi connectivity index (χ1v) is 6.27. The standard InChI is InChI=1S/C12H14BrNO5/c1-19-10-3-2-7(6-8(10)13)11(16)14-9(4-5-15)12(17)18/h2-3,6,9,15H,4-5H2,1H3,(H,14,16)(H,17,18). The maximum Gasteiger partial charge on any atom is 0.326 e. The maximum atomic E-state index is 11.9. The van der Waals surface area contributed by atoms with Crippen LogP contribution >= 0.6 is 15.9 Å². The van der Waals surface area contributed by atoms with Crippen LogP contribution in [0, 0.1) is 0 Å². The number of carbonyl (C=O) groups is 2. The number of carboxylic acids is 1. The Labute approximate surface area is 118 Å². The van der Waals surface area contributed by atoms with Gasteiger partial charge in [0, 0.05) is 18.6 Å². The van der Waals surface area contributed by atoms with Crippen molar-refractivity contribution in [2.24, 2.45) is 0 Å². The molecule has 0 aromatic heterocycles. The van der Waals surface area contributed by atoms with Gasteiger partial charge in [0.2, 0.25) is 0 Å². The number of aliphatic carboxylic acids is 1. The number of carboxylic acid groups (broad SMARTS) is 1. The van der Waals surface area contributed by atoms with E-state index in [4.69, 9.17) is 14.9 Å². The zero-order valence-corrected chi connectivity index (χ0v) is 11.8. The second-order valence-electron chi connectivity index (χ2n) is 3.73. The molecule has 0 aliphatic rings. The molecule has 1 rings (SSSR count). The van der Waals surface area contributed by atoms with Crippen LogP contribution in [0.4, 0.5) is 0 Å². The molecule has 0 spiro atoms. The number of hydrogen-bond acceptors (Lipinski definition) is 4.